The number of aliphatic hydroxyl groups is 2. The molecule has 0 radical (unpaired) electrons. The van der Waals surface area contributed by atoms with Crippen LogP contribution in [-0.4, -0.2) is 38.4 Å². The second kappa shape index (κ2) is 6.49. The molecule has 0 saturated heterocycles. The van der Waals surface area contributed by atoms with E-state index in [4.69, 9.17) is 10.8 Å². The summed E-state index contributed by atoms with van der Waals surface area (Å²) in [5.41, 5.74) is 5.79. The van der Waals surface area contributed by atoms with Crippen molar-refractivity contribution in [2.75, 3.05) is 13.2 Å². The highest BCUT2D eigenvalue weighted by molar-refractivity contribution is 4.96. The average molecular weight is 214 g/mol. The third-order valence-corrected chi connectivity index (χ3v) is 2.16. The molecule has 0 aliphatic heterocycles. The van der Waals surface area contributed by atoms with Gasteiger partial charge in [0.1, 0.15) is 11.8 Å². The third kappa shape index (κ3) is 3.94. The van der Waals surface area contributed by atoms with Crippen LogP contribution in [-0.2, 0) is 6.54 Å². The van der Waals surface area contributed by atoms with Crippen molar-refractivity contribution < 1.29 is 10.2 Å². The summed E-state index contributed by atoms with van der Waals surface area (Å²) in [6.07, 6.45) is 3.80. The molecule has 1 aromatic heterocycles. The van der Waals surface area contributed by atoms with E-state index < -0.39 is 6.10 Å². The summed E-state index contributed by atoms with van der Waals surface area (Å²) in [4.78, 5) is 0. The summed E-state index contributed by atoms with van der Waals surface area (Å²) < 4.78 is 1.67. The Morgan fingerprint density at radius 3 is 2.87 bits per heavy atom. The Bertz CT molecular complexity index is 277. The molecular weight excluding hydrogens is 196 g/mol. The minimum Gasteiger partial charge on any atom is -0.393 e. The van der Waals surface area contributed by atoms with Gasteiger partial charge in [-0.05, 0) is 19.4 Å². The maximum Gasteiger partial charge on any atom is 0.122 e. The van der Waals surface area contributed by atoms with Crippen molar-refractivity contribution in [3.8, 4) is 0 Å². The fourth-order valence-electron chi connectivity index (χ4n) is 1.26. The van der Waals surface area contributed by atoms with E-state index in [1.165, 1.54) is 0 Å². The van der Waals surface area contributed by atoms with E-state index in [2.05, 4.69) is 10.3 Å². The molecule has 1 unspecified atom stereocenters. The lowest BCUT2D eigenvalue weighted by atomic mass is 10.2. The second-order valence-electron chi connectivity index (χ2n) is 3.45. The van der Waals surface area contributed by atoms with E-state index in [0.717, 1.165) is 25.8 Å². The average Bonchev–Trinajstić information content (AvgIpc) is 2.72. The van der Waals surface area contributed by atoms with E-state index in [-0.39, 0.29) is 6.61 Å². The van der Waals surface area contributed by atoms with Crippen molar-refractivity contribution in [3.63, 3.8) is 0 Å². The largest absolute Gasteiger partial charge is 0.393 e. The van der Waals surface area contributed by atoms with Crippen molar-refractivity contribution in [3.05, 3.63) is 11.9 Å². The number of hydrogen-bond donors (Lipinski definition) is 3. The van der Waals surface area contributed by atoms with Crippen LogP contribution in [0.4, 0.5) is 0 Å². The molecule has 1 aromatic rings. The molecule has 0 aromatic carbocycles. The number of hydrogen-bond acceptors (Lipinski definition) is 5. The molecule has 15 heavy (non-hydrogen) atoms. The summed E-state index contributed by atoms with van der Waals surface area (Å²) in [6, 6.07) is 0. The maximum absolute atomic E-state index is 9.27. The molecule has 0 fully saturated rings. The van der Waals surface area contributed by atoms with Crippen molar-refractivity contribution in [1.82, 2.24) is 15.0 Å². The molecule has 6 nitrogen and oxygen atoms in total. The molecular formula is C9H18N4O2. The predicted molar refractivity (Wildman–Crippen MR) is 55.0 cm³/mol. The topological polar surface area (TPSA) is 97.2 Å². The second-order valence-corrected chi connectivity index (χ2v) is 3.45. The first-order valence-corrected chi connectivity index (χ1v) is 5.17. The highest BCUT2D eigenvalue weighted by atomic mass is 16.3. The number of nitrogens with two attached hydrogens (primary N) is 1. The van der Waals surface area contributed by atoms with Crippen LogP contribution in [0.1, 0.15) is 31.1 Å². The highest BCUT2D eigenvalue weighted by Gasteiger charge is 2.09. The van der Waals surface area contributed by atoms with Crippen LogP contribution >= 0.6 is 0 Å². The fourth-order valence-corrected chi connectivity index (χ4v) is 1.26. The minimum absolute atomic E-state index is 0.328. The number of unbranched alkanes of at least 4 members (excludes halogenated alkanes) is 2. The van der Waals surface area contributed by atoms with Gasteiger partial charge in [-0.3, -0.25) is 4.68 Å². The summed E-state index contributed by atoms with van der Waals surface area (Å²) in [5.74, 6) is 0. The van der Waals surface area contributed by atoms with Crippen LogP contribution in [0.25, 0.3) is 0 Å². The van der Waals surface area contributed by atoms with Crippen molar-refractivity contribution in [2.45, 2.75) is 31.9 Å². The van der Waals surface area contributed by atoms with Gasteiger partial charge < -0.3 is 15.9 Å². The number of aryl methyl sites for hydroxylation is 1. The number of aliphatic hydroxyl groups excluding tert-OH is 2. The third-order valence-electron chi connectivity index (χ3n) is 2.16. The van der Waals surface area contributed by atoms with Crippen LogP contribution in [0, 0.1) is 0 Å². The quantitative estimate of drug-likeness (QED) is 0.528. The van der Waals surface area contributed by atoms with Crippen LogP contribution in [0.2, 0.25) is 0 Å². The lowest BCUT2D eigenvalue weighted by molar-refractivity contribution is 0.0921. The van der Waals surface area contributed by atoms with E-state index in [1.807, 2.05) is 0 Å². The van der Waals surface area contributed by atoms with E-state index in [1.54, 1.807) is 10.9 Å². The molecule has 1 heterocycles. The summed E-state index contributed by atoms with van der Waals surface area (Å²) in [5, 5.41) is 25.6. The van der Waals surface area contributed by atoms with Crippen LogP contribution < -0.4 is 5.73 Å². The molecule has 86 valence electrons. The van der Waals surface area contributed by atoms with Gasteiger partial charge in [0.15, 0.2) is 0 Å². The smallest absolute Gasteiger partial charge is 0.122 e. The first-order chi connectivity index (χ1) is 7.27. The highest BCUT2D eigenvalue weighted by Crippen LogP contribution is 2.07. The molecule has 0 bridgehead atoms. The van der Waals surface area contributed by atoms with Gasteiger partial charge in [0, 0.05) is 6.54 Å². The van der Waals surface area contributed by atoms with Gasteiger partial charge in [-0.15, -0.1) is 5.10 Å². The SMILES string of the molecule is NCCCCCn1cc(C(O)CO)nn1. The Hall–Kier alpha value is -0.980. The molecule has 6 heteroatoms. The normalized spacial score (nSPS) is 13.0. The van der Waals surface area contributed by atoms with Gasteiger partial charge in [0.25, 0.3) is 0 Å². The number of nitrogens with zero attached hydrogens (tertiary/aromatic N) is 3. The van der Waals surface area contributed by atoms with Crippen LogP contribution in [0.3, 0.4) is 0 Å². The van der Waals surface area contributed by atoms with Crippen LogP contribution in [0.5, 0.6) is 0 Å². The monoisotopic (exact) mass is 214 g/mol. The predicted octanol–water partition coefficient (Wildman–Crippen LogP) is -0.567. The molecule has 0 aliphatic rings. The Morgan fingerprint density at radius 2 is 2.20 bits per heavy atom. The van der Waals surface area contributed by atoms with E-state index in [0.29, 0.717) is 12.2 Å². The van der Waals surface area contributed by atoms with Gasteiger partial charge >= 0.3 is 0 Å². The summed E-state index contributed by atoms with van der Waals surface area (Å²) in [6.45, 7) is 1.16. The van der Waals surface area contributed by atoms with Gasteiger partial charge in [-0.2, -0.15) is 0 Å². The van der Waals surface area contributed by atoms with Gasteiger partial charge in [0.2, 0.25) is 0 Å². The first-order valence-electron chi connectivity index (χ1n) is 5.17. The Kier molecular flexibility index (Phi) is 5.23. The zero-order chi connectivity index (χ0) is 11.1. The Morgan fingerprint density at radius 1 is 1.40 bits per heavy atom. The van der Waals surface area contributed by atoms with Crippen molar-refractivity contribution >= 4 is 0 Å². The van der Waals surface area contributed by atoms with Crippen molar-refractivity contribution in [2.24, 2.45) is 5.73 Å². The van der Waals surface area contributed by atoms with Gasteiger partial charge in [-0.1, -0.05) is 11.6 Å². The van der Waals surface area contributed by atoms with Crippen LogP contribution in [0.15, 0.2) is 6.20 Å². The Balaban J connectivity index is 2.33. The molecule has 0 aliphatic carbocycles. The Labute approximate surface area is 88.7 Å². The van der Waals surface area contributed by atoms with Gasteiger partial charge in [0.05, 0.1) is 12.8 Å². The number of aromatic nitrogens is 3. The first kappa shape index (κ1) is 12.1. The lowest BCUT2D eigenvalue weighted by Gasteiger charge is -2.00. The fraction of sp³-hybridized carbons (Fsp3) is 0.778. The van der Waals surface area contributed by atoms with Crippen molar-refractivity contribution in [1.29, 1.82) is 0 Å². The van der Waals surface area contributed by atoms with Gasteiger partial charge in [-0.25, -0.2) is 0 Å². The zero-order valence-electron chi connectivity index (χ0n) is 8.71. The number of rotatable bonds is 7. The molecule has 1 atom stereocenters. The maximum atomic E-state index is 9.27. The molecule has 1 rings (SSSR count). The van der Waals surface area contributed by atoms with E-state index >= 15 is 0 Å². The molecule has 4 N–H and O–H groups in total. The summed E-state index contributed by atoms with van der Waals surface area (Å²) >= 11 is 0. The minimum atomic E-state index is -0.928. The standard InChI is InChI=1S/C9H18N4O2/c10-4-2-1-3-5-13-6-8(11-12-13)9(15)7-14/h6,9,14-15H,1-5,7,10H2. The lowest BCUT2D eigenvalue weighted by Crippen LogP contribution is -2.03. The molecule has 0 amide bonds. The van der Waals surface area contributed by atoms with E-state index in [9.17, 15) is 5.11 Å². The zero-order valence-corrected chi connectivity index (χ0v) is 8.71. The molecule has 0 spiro atoms. The summed E-state index contributed by atoms with van der Waals surface area (Å²) in [7, 11) is 0. The molecule has 0 saturated carbocycles.